The Morgan fingerprint density at radius 1 is 1.13 bits per heavy atom. The number of anilines is 1. The summed E-state index contributed by atoms with van der Waals surface area (Å²) in [6.45, 7) is 6.45. The van der Waals surface area contributed by atoms with Gasteiger partial charge in [-0.1, -0.05) is 31.9 Å². The van der Waals surface area contributed by atoms with Gasteiger partial charge in [-0.3, -0.25) is 14.6 Å². The first kappa shape index (κ1) is 33.5. The smallest absolute Gasteiger partial charge is 0.490 e. The van der Waals surface area contributed by atoms with Crippen LogP contribution in [0.1, 0.15) is 49.9 Å². The zero-order valence-corrected chi connectivity index (χ0v) is 22.6. The number of pyridine rings is 1. The Morgan fingerprint density at radius 3 is 2.33 bits per heavy atom. The van der Waals surface area contributed by atoms with Gasteiger partial charge in [-0.15, -0.1) is 0 Å². The molecule has 13 heteroatoms. The van der Waals surface area contributed by atoms with Crippen LogP contribution in [0, 0.1) is 5.92 Å². The topological polar surface area (TPSA) is 135 Å². The lowest BCUT2D eigenvalue weighted by molar-refractivity contribution is -0.192. The number of hydrogen-bond acceptors (Lipinski definition) is 6. The van der Waals surface area contributed by atoms with E-state index in [-0.39, 0.29) is 11.8 Å². The predicted octanol–water partition coefficient (Wildman–Crippen LogP) is 5.00. The molecule has 0 radical (unpaired) electrons. The second-order valence-corrected chi connectivity index (χ2v) is 9.35. The highest BCUT2D eigenvalue weighted by molar-refractivity contribution is 6.31. The maximum atomic E-state index is 13.2. The number of unbranched alkanes of at least 4 members (excludes halogenated alkanes) is 2. The molecule has 1 aromatic heterocycles. The van der Waals surface area contributed by atoms with E-state index >= 15 is 0 Å². The van der Waals surface area contributed by atoms with Gasteiger partial charge in [0.15, 0.2) is 0 Å². The third kappa shape index (κ3) is 14.8. The minimum Gasteiger partial charge on any atom is -0.492 e. The van der Waals surface area contributed by atoms with Crippen molar-refractivity contribution >= 4 is 35.1 Å². The molecule has 0 aliphatic carbocycles. The number of carboxylic acid groups (broad SMARTS) is 1. The molecular formula is C26H34ClF3N4O5. The van der Waals surface area contributed by atoms with Crippen molar-refractivity contribution in [3.63, 3.8) is 0 Å². The van der Waals surface area contributed by atoms with E-state index < -0.39 is 12.1 Å². The third-order valence-corrected chi connectivity index (χ3v) is 5.18. The number of hydrogen-bond donors (Lipinski definition) is 3. The summed E-state index contributed by atoms with van der Waals surface area (Å²) in [6, 6.07) is 8.88. The highest BCUT2D eigenvalue weighted by Crippen LogP contribution is 2.23. The number of primary amides is 1. The van der Waals surface area contributed by atoms with Gasteiger partial charge in [0, 0.05) is 54.7 Å². The molecule has 0 atom stereocenters. The lowest BCUT2D eigenvalue weighted by atomic mass is 10.1. The van der Waals surface area contributed by atoms with Crippen LogP contribution >= 0.6 is 11.6 Å². The molecular weight excluding hydrogens is 541 g/mol. The van der Waals surface area contributed by atoms with Crippen molar-refractivity contribution in [1.82, 2.24) is 9.88 Å². The van der Waals surface area contributed by atoms with E-state index in [1.165, 1.54) is 0 Å². The molecule has 0 unspecified atom stereocenters. The molecule has 0 saturated heterocycles. The molecule has 0 aliphatic rings. The number of carbonyl (C=O) groups is 3. The van der Waals surface area contributed by atoms with E-state index in [0.29, 0.717) is 54.9 Å². The molecule has 2 rings (SSSR count). The molecule has 0 saturated carbocycles. The quantitative estimate of drug-likeness (QED) is 0.270. The van der Waals surface area contributed by atoms with Gasteiger partial charge in [-0.2, -0.15) is 13.2 Å². The average molecular weight is 575 g/mol. The summed E-state index contributed by atoms with van der Waals surface area (Å²) in [6.07, 6.45) is 1.14. The summed E-state index contributed by atoms with van der Waals surface area (Å²) in [5.41, 5.74) is 6.66. The van der Waals surface area contributed by atoms with Gasteiger partial charge in [-0.05, 0) is 49.1 Å². The minimum absolute atomic E-state index is 0.0733. The van der Waals surface area contributed by atoms with Gasteiger partial charge < -0.3 is 25.8 Å². The number of benzene rings is 1. The fraction of sp³-hybridized carbons (Fsp3) is 0.462. The number of nitrogens with one attached hydrogen (secondary N) is 1. The summed E-state index contributed by atoms with van der Waals surface area (Å²) in [4.78, 5) is 38.8. The molecule has 216 valence electrons. The van der Waals surface area contributed by atoms with Gasteiger partial charge >= 0.3 is 12.1 Å². The molecule has 0 fully saturated rings. The van der Waals surface area contributed by atoms with Crippen LogP contribution in [0.25, 0.3) is 0 Å². The van der Waals surface area contributed by atoms with Crippen LogP contribution in [-0.4, -0.2) is 65.2 Å². The molecule has 1 aromatic carbocycles. The second-order valence-electron chi connectivity index (χ2n) is 8.91. The van der Waals surface area contributed by atoms with Gasteiger partial charge in [0.05, 0.1) is 0 Å². The van der Waals surface area contributed by atoms with E-state index in [1.807, 2.05) is 17.0 Å². The summed E-state index contributed by atoms with van der Waals surface area (Å²) in [5, 5.41) is 10.8. The van der Waals surface area contributed by atoms with Crippen molar-refractivity contribution in [2.45, 2.75) is 45.7 Å². The van der Waals surface area contributed by atoms with Crippen molar-refractivity contribution in [2.75, 3.05) is 31.6 Å². The van der Waals surface area contributed by atoms with E-state index in [9.17, 15) is 22.8 Å². The van der Waals surface area contributed by atoms with Crippen molar-refractivity contribution in [3.05, 3.63) is 53.3 Å². The standard InChI is InChI=1S/C24H33ClN4O3.C2HF3O2/c1-18(2)17-29(12-5-3-4-6-23(26)30)24(31)19-14-20(25)16-22(15-19)32-13-11-28-21-7-9-27-10-8-21;3-2(4,5)1(6)7/h7-10,14-16,18H,3-6,11-13,17H2,1-2H3,(H2,26,30)(H,27,28);(H,6,7). The summed E-state index contributed by atoms with van der Waals surface area (Å²) in [7, 11) is 0. The summed E-state index contributed by atoms with van der Waals surface area (Å²) in [5.74, 6) is -2.23. The number of carbonyl (C=O) groups excluding carboxylic acids is 2. The van der Waals surface area contributed by atoms with Crippen molar-refractivity contribution < 1.29 is 37.4 Å². The summed E-state index contributed by atoms with van der Waals surface area (Å²) >= 11 is 6.27. The molecule has 39 heavy (non-hydrogen) atoms. The molecule has 9 nitrogen and oxygen atoms in total. The number of carboxylic acids is 1. The van der Waals surface area contributed by atoms with Gasteiger partial charge in [0.25, 0.3) is 5.91 Å². The predicted molar refractivity (Wildman–Crippen MR) is 142 cm³/mol. The van der Waals surface area contributed by atoms with Gasteiger partial charge in [-0.25, -0.2) is 4.79 Å². The highest BCUT2D eigenvalue weighted by Gasteiger charge is 2.38. The lowest BCUT2D eigenvalue weighted by Crippen LogP contribution is -2.35. The number of rotatable bonds is 14. The normalized spacial score (nSPS) is 10.8. The third-order valence-electron chi connectivity index (χ3n) is 4.96. The van der Waals surface area contributed by atoms with Gasteiger partial charge in [0.2, 0.25) is 5.91 Å². The molecule has 0 bridgehead atoms. The number of ether oxygens (including phenoxy) is 1. The van der Waals surface area contributed by atoms with E-state index in [2.05, 4.69) is 24.1 Å². The van der Waals surface area contributed by atoms with Crippen molar-refractivity contribution in [2.24, 2.45) is 11.7 Å². The largest absolute Gasteiger partial charge is 0.492 e. The zero-order valence-electron chi connectivity index (χ0n) is 21.8. The van der Waals surface area contributed by atoms with Crippen molar-refractivity contribution in [3.8, 4) is 5.75 Å². The Kier molecular flexibility index (Phi) is 14.7. The maximum Gasteiger partial charge on any atom is 0.490 e. The first-order valence-corrected chi connectivity index (χ1v) is 12.6. The summed E-state index contributed by atoms with van der Waals surface area (Å²) < 4.78 is 37.6. The lowest BCUT2D eigenvalue weighted by Gasteiger charge is -2.25. The fourth-order valence-electron chi connectivity index (χ4n) is 3.28. The van der Waals surface area contributed by atoms with Gasteiger partial charge in [0.1, 0.15) is 12.4 Å². The zero-order chi connectivity index (χ0) is 29.4. The number of amides is 2. The van der Waals surface area contributed by atoms with Crippen molar-refractivity contribution in [1.29, 1.82) is 0 Å². The Balaban J connectivity index is 0.000000956. The van der Waals surface area contributed by atoms with Crippen LogP contribution in [0.2, 0.25) is 5.02 Å². The monoisotopic (exact) mass is 574 g/mol. The van der Waals surface area contributed by atoms with Crippen LogP contribution in [0.5, 0.6) is 5.75 Å². The maximum absolute atomic E-state index is 13.2. The molecule has 4 N–H and O–H groups in total. The number of aliphatic carboxylic acids is 1. The SMILES string of the molecule is CC(C)CN(CCCCCC(N)=O)C(=O)c1cc(Cl)cc(OCCNc2ccncc2)c1.O=C(O)C(F)(F)F. The number of halogens is 4. The number of nitrogens with two attached hydrogens (primary N) is 1. The molecule has 0 aliphatic heterocycles. The number of nitrogens with zero attached hydrogens (tertiary/aromatic N) is 2. The minimum atomic E-state index is -5.08. The molecule has 1 heterocycles. The van der Waals surface area contributed by atoms with E-state index in [1.54, 1.807) is 30.6 Å². The molecule has 2 aromatic rings. The Morgan fingerprint density at radius 2 is 1.77 bits per heavy atom. The Labute approximate surface area is 230 Å². The highest BCUT2D eigenvalue weighted by atomic mass is 35.5. The second kappa shape index (κ2) is 17.1. The Hall–Kier alpha value is -3.54. The fourth-order valence-corrected chi connectivity index (χ4v) is 3.51. The number of aromatic nitrogens is 1. The van der Waals surface area contributed by atoms with Crippen LogP contribution in [-0.2, 0) is 9.59 Å². The van der Waals surface area contributed by atoms with E-state index in [4.69, 9.17) is 32.0 Å². The first-order valence-electron chi connectivity index (χ1n) is 12.2. The average Bonchev–Trinajstić information content (AvgIpc) is 2.85. The van der Waals surface area contributed by atoms with Crippen LogP contribution in [0.15, 0.2) is 42.7 Å². The molecule has 2 amide bonds. The first-order chi connectivity index (χ1) is 18.3. The van der Waals surface area contributed by atoms with Crippen LogP contribution in [0.4, 0.5) is 18.9 Å². The Bertz CT molecular complexity index is 1060. The van der Waals surface area contributed by atoms with Crippen LogP contribution in [0.3, 0.4) is 0 Å². The number of alkyl halides is 3. The van der Waals surface area contributed by atoms with E-state index in [0.717, 1.165) is 24.9 Å². The van der Waals surface area contributed by atoms with Crippen LogP contribution < -0.4 is 15.8 Å². The molecule has 0 spiro atoms.